The Morgan fingerprint density at radius 1 is 0.947 bits per heavy atom. The summed E-state index contributed by atoms with van der Waals surface area (Å²) in [7, 11) is 0. The fourth-order valence-corrected chi connectivity index (χ4v) is 6.00. The number of hydrogen-bond acceptors (Lipinski definition) is 6. The Morgan fingerprint density at radius 3 is 2.66 bits per heavy atom. The Bertz CT molecular complexity index is 1770. The highest BCUT2D eigenvalue weighted by Gasteiger charge is 2.38. The zero-order chi connectivity index (χ0) is 25.1. The van der Waals surface area contributed by atoms with Crippen LogP contribution in [0.2, 0.25) is 0 Å². The van der Waals surface area contributed by atoms with Gasteiger partial charge in [0.2, 0.25) is 0 Å². The van der Waals surface area contributed by atoms with Gasteiger partial charge in [0, 0.05) is 54.2 Å². The summed E-state index contributed by atoms with van der Waals surface area (Å²) >= 11 is 0. The molecule has 186 valence electrons. The molecule has 8 nitrogen and oxygen atoms in total. The van der Waals surface area contributed by atoms with Crippen LogP contribution in [0.3, 0.4) is 0 Å². The highest BCUT2D eigenvalue weighted by molar-refractivity contribution is 6.02. The van der Waals surface area contributed by atoms with Gasteiger partial charge in [0.25, 0.3) is 0 Å². The fraction of sp³-hybridized carbons (Fsp3) is 0.200. The minimum absolute atomic E-state index is 0.417. The number of ether oxygens (including phenoxy) is 1. The number of nitrogens with one attached hydrogen (secondary N) is 1. The van der Waals surface area contributed by atoms with Crippen molar-refractivity contribution in [1.82, 2.24) is 34.7 Å². The smallest absolute Gasteiger partial charge is 0.164 e. The van der Waals surface area contributed by atoms with E-state index in [2.05, 4.69) is 50.4 Å². The van der Waals surface area contributed by atoms with Crippen LogP contribution in [0, 0.1) is 0 Å². The minimum atomic E-state index is 0.417. The zero-order valence-electron chi connectivity index (χ0n) is 20.7. The molecule has 8 rings (SSSR count). The second-order valence-electron chi connectivity index (χ2n) is 10.1. The van der Waals surface area contributed by atoms with E-state index in [0.717, 1.165) is 69.9 Å². The van der Waals surface area contributed by atoms with Gasteiger partial charge in [-0.15, -0.1) is 0 Å². The van der Waals surface area contributed by atoms with Crippen molar-refractivity contribution in [1.29, 1.82) is 0 Å². The van der Waals surface area contributed by atoms with E-state index >= 15 is 0 Å². The molecule has 6 aromatic rings. The molecule has 2 aliphatic rings. The topological polar surface area (TPSA) is 84.2 Å². The number of hydrogen-bond donors (Lipinski definition) is 1. The summed E-state index contributed by atoms with van der Waals surface area (Å²) in [6, 6.07) is 21.6. The van der Waals surface area contributed by atoms with Crippen molar-refractivity contribution < 1.29 is 4.74 Å². The Labute approximate surface area is 218 Å². The lowest BCUT2D eigenvalue weighted by atomic mass is 9.99. The average Bonchev–Trinajstić information content (AvgIpc) is 3.77. The van der Waals surface area contributed by atoms with Gasteiger partial charge in [0.05, 0.1) is 35.7 Å². The number of nitrogens with zero attached hydrogens (tertiary/aromatic N) is 6. The second-order valence-corrected chi connectivity index (χ2v) is 10.1. The minimum Gasteiger partial charge on any atom is -0.375 e. The van der Waals surface area contributed by atoms with E-state index in [4.69, 9.17) is 14.8 Å². The summed E-state index contributed by atoms with van der Waals surface area (Å²) in [5.74, 6) is 0. The van der Waals surface area contributed by atoms with Crippen LogP contribution in [0.25, 0.3) is 50.2 Å². The summed E-state index contributed by atoms with van der Waals surface area (Å²) in [4.78, 5) is 11.6. The molecule has 0 radical (unpaired) electrons. The number of aromatic nitrogens is 6. The quantitative estimate of drug-likeness (QED) is 0.360. The molecular formula is C30H25N7O. The van der Waals surface area contributed by atoms with Gasteiger partial charge in [0.15, 0.2) is 5.65 Å². The molecule has 2 fully saturated rings. The van der Waals surface area contributed by atoms with Crippen molar-refractivity contribution in [2.24, 2.45) is 0 Å². The van der Waals surface area contributed by atoms with Crippen LogP contribution < -0.4 is 0 Å². The van der Waals surface area contributed by atoms with E-state index in [-0.39, 0.29) is 0 Å². The number of benzene rings is 2. The molecule has 1 N–H and O–H groups in total. The number of aromatic amines is 1. The molecule has 2 aromatic carbocycles. The largest absolute Gasteiger partial charge is 0.375 e. The summed E-state index contributed by atoms with van der Waals surface area (Å²) in [5, 5.41) is 13.5. The third-order valence-electron chi connectivity index (χ3n) is 7.88. The van der Waals surface area contributed by atoms with Crippen LogP contribution in [0.5, 0.6) is 0 Å². The molecule has 2 aliphatic heterocycles. The molecule has 6 heterocycles. The number of morpholine rings is 1. The summed E-state index contributed by atoms with van der Waals surface area (Å²) in [5.41, 5.74) is 9.08. The van der Waals surface area contributed by atoms with E-state index in [9.17, 15) is 0 Å². The highest BCUT2D eigenvalue weighted by Crippen LogP contribution is 2.39. The molecule has 2 atom stereocenters. The molecule has 8 heteroatoms. The summed E-state index contributed by atoms with van der Waals surface area (Å²) in [6.45, 7) is 2.86. The molecule has 0 unspecified atom stereocenters. The van der Waals surface area contributed by atoms with E-state index < -0.39 is 0 Å². The van der Waals surface area contributed by atoms with E-state index in [1.807, 2.05) is 47.2 Å². The standard InChI is InChI=1S/C30H25N7O/c1-2-24(25-15-33-34-26(25)3-1)28-29(21-8-11-31-12-9-21)35-37-27(10-13-32-30(28)37)20-6-4-19(5-7-20)16-36-17-23-14-22(36)18-38-23/h1-13,15,22-23H,14,16-18H2,(H,33,34)/t22-,23-/m0/s1. The summed E-state index contributed by atoms with van der Waals surface area (Å²) in [6.07, 6.45) is 8.92. The maximum atomic E-state index is 5.77. The SMILES string of the molecule is c1cc(-c2c(-c3ccncc3)nn3c(-c4ccc(CN5C[C@@H]6C[C@H]5CO6)cc4)ccnc23)c2cn[nH]c2c1. The van der Waals surface area contributed by atoms with Crippen LogP contribution in [-0.4, -0.2) is 60.0 Å². The number of pyridine rings is 1. The average molecular weight is 500 g/mol. The summed E-state index contributed by atoms with van der Waals surface area (Å²) < 4.78 is 7.73. The number of H-pyrrole nitrogens is 1. The zero-order valence-corrected chi connectivity index (χ0v) is 20.7. The predicted molar refractivity (Wildman–Crippen MR) is 145 cm³/mol. The number of likely N-dealkylation sites (tertiary alicyclic amines) is 1. The monoisotopic (exact) mass is 499 g/mol. The van der Waals surface area contributed by atoms with Crippen molar-refractivity contribution in [2.75, 3.05) is 13.2 Å². The number of rotatable bonds is 5. The van der Waals surface area contributed by atoms with E-state index in [0.29, 0.717) is 12.1 Å². The van der Waals surface area contributed by atoms with Gasteiger partial charge in [0.1, 0.15) is 5.69 Å². The first-order chi connectivity index (χ1) is 18.8. The Morgan fingerprint density at radius 2 is 1.84 bits per heavy atom. The number of fused-ring (bicyclic) bond motifs is 4. The third kappa shape index (κ3) is 3.45. The third-order valence-corrected chi connectivity index (χ3v) is 7.88. The maximum Gasteiger partial charge on any atom is 0.164 e. The highest BCUT2D eigenvalue weighted by atomic mass is 16.5. The van der Waals surface area contributed by atoms with Gasteiger partial charge in [-0.3, -0.25) is 15.0 Å². The van der Waals surface area contributed by atoms with Crippen molar-refractivity contribution >= 4 is 16.6 Å². The van der Waals surface area contributed by atoms with Gasteiger partial charge in [-0.2, -0.15) is 10.2 Å². The van der Waals surface area contributed by atoms with Gasteiger partial charge in [-0.25, -0.2) is 9.50 Å². The molecular weight excluding hydrogens is 474 g/mol. The van der Waals surface area contributed by atoms with Gasteiger partial charge >= 0.3 is 0 Å². The molecule has 0 amide bonds. The van der Waals surface area contributed by atoms with E-state index in [1.165, 1.54) is 12.0 Å². The Balaban J connectivity index is 1.25. The van der Waals surface area contributed by atoms with Gasteiger partial charge < -0.3 is 4.74 Å². The lowest BCUT2D eigenvalue weighted by Crippen LogP contribution is -2.36. The van der Waals surface area contributed by atoms with Crippen molar-refractivity contribution in [2.45, 2.75) is 25.1 Å². The molecule has 38 heavy (non-hydrogen) atoms. The molecule has 4 aromatic heterocycles. The fourth-order valence-electron chi connectivity index (χ4n) is 6.00. The molecule has 0 saturated carbocycles. The molecule has 2 saturated heterocycles. The van der Waals surface area contributed by atoms with Crippen LogP contribution in [-0.2, 0) is 11.3 Å². The van der Waals surface area contributed by atoms with Crippen LogP contribution in [0.15, 0.2) is 85.5 Å². The van der Waals surface area contributed by atoms with Crippen LogP contribution in [0.1, 0.15) is 12.0 Å². The van der Waals surface area contributed by atoms with Gasteiger partial charge in [-0.1, -0.05) is 36.4 Å². The Hall–Kier alpha value is -4.40. The Kier molecular flexibility index (Phi) is 4.89. The van der Waals surface area contributed by atoms with Gasteiger partial charge in [-0.05, 0) is 41.8 Å². The van der Waals surface area contributed by atoms with Crippen molar-refractivity contribution in [3.8, 4) is 33.6 Å². The van der Waals surface area contributed by atoms with Crippen molar-refractivity contribution in [3.63, 3.8) is 0 Å². The maximum absolute atomic E-state index is 5.77. The lowest BCUT2D eigenvalue weighted by molar-refractivity contribution is 0.0273. The molecule has 0 spiro atoms. The van der Waals surface area contributed by atoms with Crippen LogP contribution >= 0.6 is 0 Å². The predicted octanol–water partition coefficient (Wildman–Crippen LogP) is 4.97. The molecule has 0 aliphatic carbocycles. The first kappa shape index (κ1) is 21.7. The second kappa shape index (κ2) is 8.58. The van der Waals surface area contributed by atoms with E-state index in [1.54, 1.807) is 12.4 Å². The first-order valence-corrected chi connectivity index (χ1v) is 13.0. The first-order valence-electron chi connectivity index (χ1n) is 13.0. The van der Waals surface area contributed by atoms with Crippen molar-refractivity contribution in [3.05, 3.63) is 91.0 Å². The molecule has 2 bridgehead atoms. The van der Waals surface area contributed by atoms with Crippen LogP contribution in [0.4, 0.5) is 0 Å². The normalized spacial score (nSPS) is 19.2. The lowest BCUT2D eigenvalue weighted by Gasteiger charge is -2.26.